The van der Waals surface area contributed by atoms with Gasteiger partial charge in [0.2, 0.25) is 0 Å². The first-order valence-corrected chi connectivity index (χ1v) is 19.3. The van der Waals surface area contributed by atoms with E-state index in [1.165, 1.54) is 69.8 Å². The van der Waals surface area contributed by atoms with Crippen molar-refractivity contribution >= 4 is 8.32 Å². The molecule has 1 nitrogen and oxygen atoms in total. The minimum Gasteiger partial charge on any atom is -0.413 e. The SMILES string of the molecule is CC(C)=CCC[C@@H](C)[C@H]1CC[C@@]2(C)C3=C(CC[C@]12C)[C@@]1(C)CC[C@H](O[Si](C)(C)C(C)(C)C)C(C)(C)[C@@H]1CC3. The lowest BCUT2D eigenvalue weighted by molar-refractivity contribution is -0.0901. The van der Waals surface area contributed by atoms with E-state index in [2.05, 4.69) is 95.3 Å². The van der Waals surface area contributed by atoms with Gasteiger partial charge in [-0.3, -0.25) is 0 Å². The van der Waals surface area contributed by atoms with Crippen LogP contribution in [0.3, 0.4) is 0 Å². The van der Waals surface area contributed by atoms with Crippen LogP contribution in [0, 0.1) is 39.4 Å². The second kappa shape index (κ2) is 9.89. The summed E-state index contributed by atoms with van der Waals surface area (Å²) >= 11 is 0. The van der Waals surface area contributed by atoms with Crippen LogP contribution in [0.5, 0.6) is 0 Å². The Morgan fingerprint density at radius 2 is 1.61 bits per heavy atom. The standard InChI is InChI=1S/C36H64OSi/c1-25(2)15-14-16-26(3)27-19-23-36(11)29-17-18-30-33(7,8)31(37-38(12,13)32(4,5)6)21-22-34(30,9)28(29)20-24-35(27,36)10/h15,26-27,30-31H,14,16-24H2,1-13H3/t26-,27-,30+,31+,34-,35-,36+/m1/s1. The van der Waals surface area contributed by atoms with Crippen LogP contribution >= 0.6 is 0 Å². The first-order valence-electron chi connectivity index (χ1n) is 16.4. The topological polar surface area (TPSA) is 9.23 Å². The van der Waals surface area contributed by atoms with Gasteiger partial charge >= 0.3 is 0 Å². The fraction of sp³-hybridized carbons (Fsp3) is 0.889. The minimum absolute atomic E-state index is 0.236. The molecular formula is C36H64OSi. The Bertz CT molecular complexity index is 958. The molecule has 0 spiro atoms. The summed E-state index contributed by atoms with van der Waals surface area (Å²) in [7, 11) is -1.79. The van der Waals surface area contributed by atoms with Gasteiger partial charge in [0, 0.05) is 0 Å². The van der Waals surface area contributed by atoms with E-state index in [1.807, 2.05) is 11.1 Å². The molecule has 4 aliphatic carbocycles. The van der Waals surface area contributed by atoms with Crippen LogP contribution in [-0.2, 0) is 4.43 Å². The van der Waals surface area contributed by atoms with E-state index in [-0.39, 0.29) is 10.5 Å². The molecule has 7 atom stereocenters. The predicted octanol–water partition coefficient (Wildman–Crippen LogP) is 11.5. The van der Waals surface area contributed by atoms with Crippen LogP contribution in [0.25, 0.3) is 0 Å². The molecule has 0 aromatic rings. The Hall–Kier alpha value is -0.343. The second-order valence-electron chi connectivity index (χ2n) is 17.4. The van der Waals surface area contributed by atoms with Gasteiger partial charge in [0.05, 0.1) is 6.10 Å². The van der Waals surface area contributed by atoms with Crippen molar-refractivity contribution < 1.29 is 4.43 Å². The van der Waals surface area contributed by atoms with Crippen LogP contribution in [0.4, 0.5) is 0 Å². The quantitative estimate of drug-likeness (QED) is 0.240. The molecule has 4 aliphatic rings. The van der Waals surface area contributed by atoms with E-state index in [1.54, 1.807) is 0 Å². The molecule has 0 bridgehead atoms. The summed E-state index contributed by atoms with van der Waals surface area (Å²) in [5, 5.41) is 0.274. The molecule has 0 heterocycles. The highest BCUT2D eigenvalue weighted by atomic mass is 28.4. The molecule has 0 saturated heterocycles. The minimum atomic E-state index is -1.79. The van der Waals surface area contributed by atoms with E-state index in [4.69, 9.17) is 4.43 Å². The van der Waals surface area contributed by atoms with Crippen molar-refractivity contribution in [3.05, 3.63) is 22.8 Å². The first-order chi connectivity index (χ1) is 17.3. The predicted molar refractivity (Wildman–Crippen MR) is 169 cm³/mol. The Labute approximate surface area is 239 Å². The highest BCUT2D eigenvalue weighted by molar-refractivity contribution is 6.74. The van der Waals surface area contributed by atoms with Gasteiger partial charge in [-0.25, -0.2) is 0 Å². The number of allylic oxidation sites excluding steroid dienone is 4. The molecule has 0 unspecified atom stereocenters. The average molecular weight is 541 g/mol. The Morgan fingerprint density at radius 1 is 0.947 bits per heavy atom. The molecule has 0 aromatic heterocycles. The van der Waals surface area contributed by atoms with Crippen molar-refractivity contribution in [1.82, 2.24) is 0 Å². The zero-order valence-electron chi connectivity index (χ0n) is 27.9. The van der Waals surface area contributed by atoms with Gasteiger partial charge in [-0.15, -0.1) is 0 Å². The normalized spacial score (nSPS) is 39.8. The summed E-state index contributed by atoms with van der Waals surface area (Å²) in [5.41, 5.74) is 6.81. The Morgan fingerprint density at radius 3 is 2.21 bits per heavy atom. The number of hydrogen-bond acceptors (Lipinski definition) is 1. The first kappa shape index (κ1) is 30.6. The Balaban J connectivity index is 1.61. The van der Waals surface area contributed by atoms with Gasteiger partial charge in [0.25, 0.3) is 0 Å². The Kier molecular flexibility index (Phi) is 7.96. The third-order valence-corrected chi connectivity index (χ3v) is 18.3. The maximum absolute atomic E-state index is 7.20. The molecule has 0 aromatic carbocycles. The van der Waals surface area contributed by atoms with Gasteiger partial charge in [-0.1, -0.05) is 85.1 Å². The van der Waals surface area contributed by atoms with Crippen molar-refractivity contribution in [2.45, 2.75) is 165 Å². The molecular weight excluding hydrogens is 476 g/mol. The molecule has 0 N–H and O–H groups in total. The van der Waals surface area contributed by atoms with E-state index in [0.717, 1.165) is 17.8 Å². The van der Waals surface area contributed by atoms with Crippen molar-refractivity contribution in [3.8, 4) is 0 Å². The number of fused-ring (bicyclic) bond motifs is 4. The van der Waals surface area contributed by atoms with Crippen LogP contribution in [0.15, 0.2) is 22.8 Å². The van der Waals surface area contributed by atoms with Crippen molar-refractivity contribution in [2.24, 2.45) is 39.4 Å². The van der Waals surface area contributed by atoms with Gasteiger partial charge in [0.15, 0.2) is 8.32 Å². The molecule has 0 radical (unpaired) electrons. The number of hydrogen-bond donors (Lipinski definition) is 0. The highest BCUT2D eigenvalue weighted by Crippen LogP contribution is 2.72. The summed E-state index contributed by atoms with van der Waals surface area (Å²) in [6, 6.07) is 0. The van der Waals surface area contributed by atoms with Gasteiger partial charge < -0.3 is 4.43 Å². The third-order valence-electron chi connectivity index (χ3n) is 13.9. The summed E-state index contributed by atoms with van der Waals surface area (Å²) in [6.45, 7) is 32.5. The summed E-state index contributed by atoms with van der Waals surface area (Å²) in [4.78, 5) is 0. The molecule has 38 heavy (non-hydrogen) atoms. The van der Waals surface area contributed by atoms with Crippen LogP contribution < -0.4 is 0 Å². The molecule has 2 fully saturated rings. The smallest absolute Gasteiger partial charge is 0.192 e. The van der Waals surface area contributed by atoms with Gasteiger partial charge in [-0.2, -0.15) is 0 Å². The van der Waals surface area contributed by atoms with Gasteiger partial charge in [0.1, 0.15) is 0 Å². The van der Waals surface area contributed by atoms with Crippen LogP contribution in [0.1, 0.15) is 140 Å². The van der Waals surface area contributed by atoms with E-state index in [9.17, 15) is 0 Å². The molecule has 4 rings (SSSR count). The van der Waals surface area contributed by atoms with Gasteiger partial charge in [-0.05, 0) is 136 Å². The van der Waals surface area contributed by atoms with E-state index in [0.29, 0.717) is 22.3 Å². The molecule has 2 heteroatoms. The van der Waals surface area contributed by atoms with E-state index < -0.39 is 8.32 Å². The zero-order chi connectivity index (χ0) is 28.5. The second-order valence-corrected chi connectivity index (χ2v) is 22.2. The lowest BCUT2D eigenvalue weighted by atomic mass is 9.43. The molecule has 218 valence electrons. The van der Waals surface area contributed by atoms with E-state index >= 15 is 0 Å². The van der Waals surface area contributed by atoms with Crippen LogP contribution in [0.2, 0.25) is 18.1 Å². The van der Waals surface area contributed by atoms with Crippen molar-refractivity contribution in [1.29, 1.82) is 0 Å². The monoisotopic (exact) mass is 540 g/mol. The number of rotatable bonds is 6. The van der Waals surface area contributed by atoms with Crippen molar-refractivity contribution in [3.63, 3.8) is 0 Å². The summed E-state index contributed by atoms with van der Waals surface area (Å²) in [5.74, 6) is 2.45. The summed E-state index contributed by atoms with van der Waals surface area (Å²) in [6.07, 6.45) is 16.4. The lowest BCUT2D eigenvalue weighted by Crippen LogP contribution is -2.58. The van der Waals surface area contributed by atoms with Crippen molar-refractivity contribution in [2.75, 3.05) is 0 Å². The lowest BCUT2D eigenvalue weighted by Gasteiger charge is -2.63. The third kappa shape index (κ3) is 4.68. The highest BCUT2D eigenvalue weighted by Gasteiger charge is 2.63. The summed E-state index contributed by atoms with van der Waals surface area (Å²) < 4.78 is 7.20. The fourth-order valence-corrected chi connectivity index (χ4v) is 11.7. The maximum Gasteiger partial charge on any atom is 0.192 e. The zero-order valence-corrected chi connectivity index (χ0v) is 28.9. The fourth-order valence-electron chi connectivity index (χ4n) is 10.2. The largest absolute Gasteiger partial charge is 0.413 e. The molecule has 0 amide bonds. The average Bonchev–Trinajstić information content (AvgIpc) is 3.06. The molecule has 2 saturated carbocycles. The van der Waals surface area contributed by atoms with Crippen LogP contribution in [-0.4, -0.2) is 14.4 Å². The molecule has 0 aliphatic heterocycles. The maximum atomic E-state index is 7.20.